The number of piperidine rings is 1. The molecule has 1 aliphatic heterocycles. The number of benzene rings is 1. The van der Waals surface area contributed by atoms with Crippen LogP contribution in [0.3, 0.4) is 0 Å². The molecule has 1 saturated heterocycles. The fraction of sp³-hybridized carbons (Fsp3) is 0.565. The molecule has 1 saturated carbocycles. The first-order chi connectivity index (χ1) is 15.2. The van der Waals surface area contributed by atoms with Crippen LogP contribution in [0.5, 0.6) is 0 Å². The maximum Gasteiger partial charge on any atom is 0.451 e. The molecule has 0 unspecified atom stereocenters. The predicted molar refractivity (Wildman–Crippen MR) is 114 cm³/mol. The van der Waals surface area contributed by atoms with Crippen molar-refractivity contribution < 1.29 is 27.5 Å². The Morgan fingerprint density at radius 2 is 1.64 bits per heavy atom. The number of hydrogen-bond donors (Lipinski definition) is 1. The monoisotopic (exact) mass is 464 g/mol. The summed E-state index contributed by atoms with van der Waals surface area (Å²) in [5, 5.41) is 3.33. The molecule has 0 bridgehead atoms. The molecule has 0 radical (unpaired) electrons. The minimum atomic E-state index is -4.71. The average molecular weight is 464 g/mol. The van der Waals surface area contributed by atoms with Crippen molar-refractivity contribution in [3.8, 4) is 0 Å². The normalized spacial score (nSPS) is 22.8. The fourth-order valence-electron chi connectivity index (χ4n) is 4.52. The van der Waals surface area contributed by atoms with Crippen LogP contribution in [0.1, 0.15) is 46.1 Å². The zero-order chi connectivity index (χ0) is 24.3. The summed E-state index contributed by atoms with van der Waals surface area (Å²) in [5.74, 6) is -1.76. The van der Waals surface area contributed by atoms with Crippen LogP contribution in [-0.2, 0) is 21.2 Å². The summed E-state index contributed by atoms with van der Waals surface area (Å²) < 4.78 is 45.6. The SMILES string of the molecule is CC(C)(C)OC(=O)N1C[C@@H]2[C@H](C1)[C@H]2C(=O)NC(C)(C)c1nc(C(F)(F)F)nc2ccccc12. The summed E-state index contributed by atoms with van der Waals surface area (Å²) in [6, 6.07) is 6.43. The molecule has 2 heterocycles. The second-order valence-electron chi connectivity index (χ2n) is 10.3. The first-order valence-electron chi connectivity index (χ1n) is 10.8. The molecule has 4 rings (SSSR count). The van der Waals surface area contributed by atoms with Crippen molar-refractivity contribution in [2.45, 2.75) is 51.9 Å². The predicted octanol–water partition coefficient (Wildman–Crippen LogP) is 4.11. The summed E-state index contributed by atoms with van der Waals surface area (Å²) in [6.07, 6.45) is -5.11. The van der Waals surface area contributed by atoms with E-state index in [4.69, 9.17) is 4.74 Å². The van der Waals surface area contributed by atoms with Crippen LogP contribution < -0.4 is 5.32 Å². The third kappa shape index (κ3) is 4.60. The van der Waals surface area contributed by atoms with Crippen molar-refractivity contribution >= 4 is 22.9 Å². The van der Waals surface area contributed by atoms with Crippen LogP contribution in [0.4, 0.5) is 18.0 Å². The Labute approximate surface area is 189 Å². The number of carbonyl (C=O) groups excluding carboxylic acids is 2. The number of ether oxygens (including phenoxy) is 1. The molecule has 0 spiro atoms. The molecule has 7 nitrogen and oxygen atoms in total. The highest BCUT2D eigenvalue weighted by Crippen LogP contribution is 2.52. The van der Waals surface area contributed by atoms with Crippen molar-refractivity contribution in [1.29, 1.82) is 0 Å². The first kappa shape index (κ1) is 23.3. The van der Waals surface area contributed by atoms with Crippen LogP contribution in [0.2, 0.25) is 0 Å². The second-order valence-corrected chi connectivity index (χ2v) is 10.3. The molecule has 2 aromatic rings. The number of nitrogens with one attached hydrogen (secondary N) is 1. The molecule has 2 amide bonds. The summed E-state index contributed by atoms with van der Waals surface area (Å²) >= 11 is 0. The first-order valence-corrected chi connectivity index (χ1v) is 10.8. The van der Waals surface area contributed by atoms with Crippen LogP contribution >= 0.6 is 0 Å². The van der Waals surface area contributed by atoms with Gasteiger partial charge < -0.3 is 15.0 Å². The minimum Gasteiger partial charge on any atom is -0.444 e. The molecular weight excluding hydrogens is 437 g/mol. The smallest absolute Gasteiger partial charge is 0.444 e. The highest BCUT2D eigenvalue weighted by Gasteiger charge is 2.61. The molecule has 1 N–H and O–H groups in total. The third-order valence-electron chi connectivity index (χ3n) is 6.03. The topological polar surface area (TPSA) is 84.4 Å². The van der Waals surface area contributed by atoms with Crippen LogP contribution in [0.25, 0.3) is 10.9 Å². The molecule has 2 fully saturated rings. The maximum absolute atomic E-state index is 13.4. The van der Waals surface area contributed by atoms with E-state index in [2.05, 4.69) is 15.3 Å². The van der Waals surface area contributed by atoms with Gasteiger partial charge in [-0.25, -0.2) is 14.8 Å². The molecule has 1 aromatic carbocycles. The number of likely N-dealkylation sites (tertiary alicyclic amines) is 1. The van der Waals surface area contributed by atoms with Gasteiger partial charge in [-0.1, -0.05) is 18.2 Å². The molecule has 2 aliphatic rings. The largest absolute Gasteiger partial charge is 0.451 e. The fourth-order valence-corrected chi connectivity index (χ4v) is 4.52. The molecule has 1 aromatic heterocycles. The Bertz CT molecular complexity index is 1100. The molecule has 3 atom stereocenters. The number of fused-ring (bicyclic) bond motifs is 2. The van der Waals surface area contributed by atoms with Crippen LogP contribution in [-0.4, -0.2) is 45.6 Å². The van der Waals surface area contributed by atoms with Gasteiger partial charge >= 0.3 is 12.3 Å². The maximum atomic E-state index is 13.4. The van der Waals surface area contributed by atoms with Crippen molar-refractivity contribution in [2.75, 3.05) is 13.1 Å². The lowest BCUT2D eigenvalue weighted by Gasteiger charge is -2.29. The number of alkyl halides is 3. The van der Waals surface area contributed by atoms with Crippen molar-refractivity contribution in [3.05, 3.63) is 35.8 Å². The van der Waals surface area contributed by atoms with E-state index in [1.54, 1.807) is 57.7 Å². The van der Waals surface area contributed by atoms with Gasteiger partial charge in [-0.3, -0.25) is 4.79 Å². The van der Waals surface area contributed by atoms with E-state index in [0.29, 0.717) is 18.5 Å². The quantitative estimate of drug-likeness (QED) is 0.739. The van der Waals surface area contributed by atoms with E-state index < -0.39 is 29.2 Å². The standard InChI is InChI=1S/C23H27F3N4O3/c1-21(2,3)33-20(32)30-10-13-14(11-30)16(13)18(31)29-22(4,5)17-12-8-6-7-9-15(12)27-19(28-17)23(24,25)26/h6-9,13-14,16H,10-11H2,1-5H3,(H,29,31)/t13-,14+,16+. The van der Waals surface area contributed by atoms with E-state index in [1.165, 1.54) is 6.07 Å². The lowest BCUT2D eigenvalue weighted by molar-refractivity contribution is -0.144. The van der Waals surface area contributed by atoms with Gasteiger partial charge in [-0.2, -0.15) is 13.2 Å². The van der Waals surface area contributed by atoms with Gasteiger partial charge in [0.05, 0.1) is 16.7 Å². The van der Waals surface area contributed by atoms with Gasteiger partial charge in [0.15, 0.2) is 0 Å². The van der Waals surface area contributed by atoms with Crippen molar-refractivity contribution in [3.63, 3.8) is 0 Å². The van der Waals surface area contributed by atoms with Gasteiger partial charge in [0.1, 0.15) is 5.60 Å². The van der Waals surface area contributed by atoms with Gasteiger partial charge in [0.25, 0.3) is 0 Å². The van der Waals surface area contributed by atoms with Gasteiger partial charge in [0.2, 0.25) is 11.7 Å². The van der Waals surface area contributed by atoms with Gasteiger partial charge in [0, 0.05) is 24.4 Å². The minimum absolute atomic E-state index is 0.0150. The number of para-hydroxylation sites is 1. The Kier molecular flexibility index (Phi) is 5.33. The highest BCUT2D eigenvalue weighted by atomic mass is 19.4. The van der Waals surface area contributed by atoms with E-state index >= 15 is 0 Å². The Balaban J connectivity index is 1.49. The molecule has 1 aliphatic carbocycles. The van der Waals surface area contributed by atoms with Gasteiger partial charge in [-0.05, 0) is 52.5 Å². The average Bonchev–Trinajstić information content (AvgIpc) is 3.19. The van der Waals surface area contributed by atoms with Gasteiger partial charge in [-0.15, -0.1) is 0 Å². The second kappa shape index (κ2) is 7.56. The van der Waals surface area contributed by atoms with E-state index in [0.717, 1.165) is 0 Å². The number of aromatic nitrogens is 2. The molecule has 10 heteroatoms. The molecule has 178 valence electrons. The van der Waals surface area contributed by atoms with Crippen molar-refractivity contribution in [2.24, 2.45) is 17.8 Å². The highest BCUT2D eigenvalue weighted by molar-refractivity contribution is 5.86. The zero-order valence-corrected chi connectivity index (χ0v) is 19.2. The number of carbonyl (C=O) groups is 2. The van der Waals surface area contributed by atoms with Crippen LogP contribution in [0, 0.1) is 17.8 Å². The number of amides is 2. The Morgan fingerprint density at radius 1 is 1.03 bits per heavy atom. The summed E-state index contributed by atoms with van der Waals surface area (Å²) in [4.78, 5) is 34.3. The Hall–Kier alpha value is -2.91. The number of rotatable bonds is 3. The Morgan fingerprint density at radius 3 is 2.21 bits per heavy atom. The van der Waals surface area contributed by atoms with E-state index in [1.807, 2.05) is 0 Å². The van der Waals surface area contributed by atoms with E-state index in [-0.39, 0.29) is 34.9 Å². The molecule has 33 heavy (non-hydrogen) atoms. The lowest BCUT2D eigenvalue weighted by Crippen LogP contribution is -2.45. The van der Waals surface area contributed by atoms with Crippen LogP contribution in [0.15, 0.2) is 24.3 Å². The summed E-state index contributed by atoms with van der Waals surface area (Å²) in [6.45, 7) is 9.48. The number of halogens is 3. The van der Waals surface area contributed by atoms with E-state index in [9.17, 15) is 22.8 Å². The van der Waals surface area contributed by atoms with Crippen molar-refractivity contribution in [1.82, 2.24) is 20.2 Å². The number of hydrogen-bond acceptors (Lipinski definition) is 5. The lowest BCUT2D eigenvalue weighted by atomic mass is 9.95. The summed E-state index contributed by atoms with van der Waals surface area (Å²) in [7, 11) is 0. The summed E-state index contributed by atoms with van der Waals surface area (Å²) in [5.41, 5.74) is -1.50. The third-order valence-corrected chi connectivity index (χ3v) is 6.03. The zero-order valence-electron chi connectivity index (χ0n) is 19.2. The molecular formula is C23H27F3N4O3. The number of nitrogens with zero attached hydrogens (tertiary/aromatic N) is 3.